The average Bonchev–Trinajstić information content (AvgIpc) is 2.10. The van der Waals surface area contributed by atoms with Crippen molar-refractivity contribution in [3.63, 3.8) is 0 Å². The van der Waals surface area contributed by atoms with Crippen LogP contribution in [0.3, 0.4) is 0 Å². The predicted molar refractivity (Wildman–Crippen MR) is 55.7 cm³/mol. The summed E-state index contributed by atoms with van der Waals surface area (Å²) >= 11 is 0. The molecule has 0 aromatic rings. The first-order valence-electron chi connectivity index (χ1n) is 3.74. The number of nitrogens with one attached hydrogen (secondary N) is 1. The monoisotopic (exact) mass is 163 g/mol. The molecule has 0 radical (unpaired) electrons. The normalized spacial score (nSPS) is 12.7. The molecule has 0 rings (SSSR count). The van der Waals surface area contributed by atoms with E-state index in [9.17, 15) is 5.11 Å². The lowest BCUT2D eigenvalue weighted by Crippen LogP contribution is -2.12. The van der Waals surface area contributed by atoms with Crippen LogP contribution in [0.2, 0.25) is 0 Å². The molecule has 0 aliphatic carbocycles. The van der Waals surface area contributed by atoms with E-state index in [1.165, 1.54) is 0 Å². The lowest BCUT2D eigenvalue weighted by atomic mass is 10.2. The molecule has 0 heterocycles. The van der Waals surface area contributed by atoms with Gasteiger partial charge in [-0.1, -0.05) is 31.4 Å². The third-order valence-electron chi connectivity index (χ3n) is 1.33. The third kappa shape index (κ3) is 3.83. The van der Waals surface area contributed by atoms with Crippen LogP contribution in [-0.2, 0) is 0 Å². The van der Waals surface area contributed by atoms with Gasteiger partial charge in [0, 0.05) is 12.1 Å². The lowest BCUT2D eigenvalue weighted by Gasteiger charge is -2.01. The van der Waals surface area contributed by atoms with Crippen LogP contribution in [0.25, 0.3) is 0 Å². The second kappa shape index (κ2) is 6.49. The van der Waals surface area contributed by atoms with E-state index in [2.05, 4.69) is 18.4 Å². The zero-order valence-electron chi connectivity index (χ0n) is 7.38. The minimum Gasteiger partial charge on any atom is -0.508 e. The van der Waals surface area contributed by atoms with Crippen LogP contribution in [0.1, 0.15) is 0 Å². The van der Waals surface area contributed by atoms with Gasteiger partial charge >= 0.3 is 0 Å². The number of hydrogen-bond acceptors (Lipinski definition) is 2. The summed E-state index contributed by atoms with van der Waals surface area (Å²) in [5, 5.41) is 12.3. The Kier molecular flexibility index (Phi) is 5.83. The highest BCUT2D eigenvalue weighted by atomic mass is 16.3. The zero-order valence-corrected chi connectivity index (χ0v) is 7.38. The van der Waals surface area contributed by atoms with Crippen molar-refractivity contribution >= 4 is 7.98 Å². The molecule has 0 amide bonds. The predicted octanol–water partition coefficient (Wildman–Crippen LogP) is 0.864. The van der Waals surface area contributed by atoms with Gasteiger partial charge in [-0.15, -0.1) is 0 Å². The molecule has 3 heteroatoms. The molecular weight excluding hydrogens is 149 g/mol. The maximum absolute atomic E-state index is 9.40. The second-order valence-corrected chi connectivity index (χ2v) is 2.24. The van der Waals surface area contributed by atoms with Gasteiger partial charge in [0.05, 0.1) is 0 Å². The first-order valence-corrected chi connectivity index (χ1v) is 3.74. The van der Waals surface area contributed by atoms with Gasteiger partial charge < -0.3 is 10.3 Å². The van der Waals surface area contributed by atoms with Crippen molar-refractivity contribution in [2.24, 2.45) is 0 Å². The first-order chi connectivity index (χ1) is 5.76. The summed E-state index contributed by atoms with van der Waals surface area (Å²) in [6, 6.07) is 0. The first kappa shape index (κ1) is 10.8. The van der Waals surface area contributed by atoms with E-state index >= 15 is 0 Å². The summed E-state index contributed by atoms with van der Waals surface area (Å²) in [7, 11) is 1.81. The topological polar surface area (TPSA) is 32.3 Å². The Morgan fingerprint density at radius 2 is 2.17 bits per heavy atom. The van der Waals surface area contributed by atoms with Crippen molar-refractivity contribution in [3.05, 3.63) is 48.8 Å². The average molecular weight is 163 g/mol. The van der Waals surface area contributed by atoms with Crippen molar-refractivity contribution in [1.82, 2.24) is 5.23 Å². The molecule has 0 bridgehead atoms. The van der Waals surface area contributed by atoms with Gasteiger partial charge in [-0.2, -0.15) is 0 Å². The van der Waals surface area contributed by atoms with Crippen LogP contribution >= 0.6 is 0 Å². The molecule has 12 heavy (non-hydrogen) atoms. The third-order valence-corrected chi connectivity index (χ3v) is 1.33. The van der Waals surface area contributed by atoms with Crippen molar-refractivity contribution < 1.29 is 5.11 Å². The van der Waals surface area contributed by atoms with Gasteiger partial charge in [0.15, 0.2) is 7.98 Å². The van der Waals surface area contributed by atoms with Gasteiger partial charge in [-0.25, -0.2) is 0 Å². The van der Waals surface area contributed by atoms with Gasteiger partial charge in [-0.3, -0.25) is 0 Å². The summed E-state index contributed by atoms with van der Waals surface area (Å²) in [5.41, 5.74) is 0.774. The molecule has 2 N–H and O–H groups in total. The molecule has 0 saturated carbocycles. The maximum atomic E-state index is 9.40. The van der Waals surface area contributed by atoms with Crippen molar-refractivity contribution in [1.29, 1.82) is 0 Å². The van der Waals surface area contributed by atoms with E-state index in [1.54, 1.807) is 24.3 Å². The van der Waals surface area contributed by atoms with Crippen LogP contribution in [0.5, 0.6) is 0 Å². The van der Waals surface area contributed by atoms with Crippen molar-refractivity contribution in [3.8, 4) is 0 Å². The highest BCUT2D eigenvalue weighted by molar-refractivity contribution is 6.04. The van der Waals surface area contributed by atoms with E-state index in [4.69, 9.17) is 0 Å². The lowest BCUT2D eigenvalue weighted by molar-refractivity contribution is 0.426. The molecular formula is C9H14BNO. The number of aliphatic hydroxyl groups is 1. The summed E-state index contributed by atoms with van der Waals surface area (Å²) in [5.74, 6) is 0.222. The second-order valence-electron chi connectivity index (χ2n) is 2.24. The van der Waals surface area contributed by atoms with Crippen LogP contribution in [0.4, 0.5) is 0 Å². The smallest absolute Gasteiger partial charge is 0.182 e. The molecule has 0 atom stereocenters. The Morgan fingerprint density at radius 1 is 1.50 bits per heavy atom. The fourth-order valence-electron chi connectivity index (χ4n) is 0.724. The van der Waals surface area contributed by atoms with E-state index in [1.807, 2.05) is 7.98 Å². The highest BCUT2D eigenvalue weighted by Crippen LogP contribution is 2.02. The fraction of sp³-hybridized carbons (Fsp3) is 0.111. The summed E-state index contributed by atoms with van der Waals surface area (Å²) < 4.78 is 0. The minimum atomic E-state index is 0.222. The number of rotatable bonds is 5. The molecule has 0 saturated heterocycles. The highest BCUT2D eigenvalue weighted by Gasteiger charge is 1.95. The Bertz CT molecular complexity index is 219. The fourth-order valence-corrected chi connectivity index (χ4v) is 0.724. The van der Waals surface area contributed by atoms with Crippen molar-refractivity contribution in [2.45, 2.75) is 0 Å². The molecule has 2 nitrogen and oxygen atoms in total. The zero-order chi connectivity index (χ0) is 9.40. The molecule has 0 aromatic heterocycles. The van der Waals surface area contributed by atoms with Crippen LogP contribution in [0.15, 0.2) is 48.8 Å². The summed E-state index contributed by atoms with van der Waals surface area (Å²) in [6.07, 6.45) is 6.49. The molecule has 0 aliphatic rings. The van der Waals surface area contributed by atoms with Crippen LogP contribution < -0.4 is 5.23 Å². The minimum absolute atomic E-state index is 0.222. The number of allylic oxidation sites excluding steroid dienone is 3. The molecule has 0 fully saturated rings. The Labute approximate surface area is 74.4 Å². The van der Waals surface area contributed by atoms with Gasteiger partial charge in [0.2, 0.25) is 0 Å². The van der Waals surface area contributed by atoms with E-state index in [0.717, 1.165) is 5.57 Å². The van der Waals surface area contributed by atoms with Crippen molar-refractivity contribution in [2.75, 3.05) is 6.54 Å². The largest absolute Gasteiger partial charge is 0.508 e. The molecule has 0 aromatic carbocycles. The molecule has 64 valence electrons. The quantitative estimate of drug-likeness (QED) is 0.358. The van der Waals surface area contributed by atoms with Gasteiger partial charge in [0.1, 0.15) is 5.76 Å². The summed E-state index contributed by atoms with van der Waals surface area (Å²) in [6.45, 7) is 7.70. The van der Waals surface area contributed by atoms with Crippen LogP contribution in [0, 0.1) is 0 Å². The number of hydrogen-bond donors (Lipinski definition) is 2. The summed E-state index contributed by atoms with van der Waals surface area (Å²) in [4.78, 5) is 0. The molecule has 0 unspecified atom stereocenters. The standard InChI is InChI=1S/C9H14BNO/c1-3-5-6-9(12)8(4-2)7-11-10/h3-6,11-12H,1-2,7,10H2/b6-5-,9-8-. The van der Waals surface area contributed by atoms with E-state index in [0.29, 0.717) is 6.54 Å². The van der Waals surface area contributed by atoms with E-state index < -0.39 is 0 Å². The Hall–Kier alpha value is -1.22. The molecule has 0 aliphatic heterocycles. The SMILES string of the molecule is BNC/C(C=C)=C(O)/C=C\C=C. The Morgan fingerprint density at radius 3 is 2.58 bits per heavy atom. The Balaban J connectivity index is 4.46. The molecule has 0 spiro atoms. The van der Waals surface area contributed by atoms with Gasteiger partial charge in [-0.05, 0) is 6.08 Å². The van der Waals surface area contributed by atoms with Gasteiger partial charge in [0.25, 0.3) is 0 Å². The van der Waals surface area contributed by atoms with Crippen LogP contribution in [-0.4, -0.2) is 19.6 Å². The maximum Gasteiger partial charge on any atom is 0.182 e. The number of aliphatic hydroxyl groups excluding tert-OH is 1. The van der Waals surface area contributed by atoms with E-state index in [-0.39, 0.29) is 5.76 Å².